The SMILES string of the molecule is Cn1ncnc1NS(=O)(=O)c1ccc(C(=O)O)cc1N. The van der Waals surface area contributed by atoms with Gasteiger partial charge in [-0.25, -0.2) is 22.6 Å². The van der Waals surface area contributed by atoms with Crippen LogP contribution in [0.1, 0.15) is 10.4 Å². The number of rotatable bonds is 4. The van der Waals surface area contributed by atoms with E-state index in [0.717, 1.165) is 18.2 Å². The van der Waals surface area contributed by atoms with Crippen molar-refractivity contribution in [1.29, 1.82) is 0 Å². The van der Waals surface area contributed by atoms with Crippen molar-refractivity contribution >= 4 is 27.6 Å². The van der Waals surface area contributed by atoms with Gasteiger partial charge in [0, 0.05) is 7.05 Å². The maximum atomic E-state index is 12.1. The molecule has 9 nitrogen and oxygen atoms in total. The van der Waals surface area contributed by atoms with Crippen molar-refractivity contribution < 1.29 is 18.3 Å². The number of carboxylic acids is 1. The molecule has 10 heteroatoms. The van der Waals surface area contributed by atoms with Crippen LogP contribution in [0.15, 0.2) is 29.4 Å². The van der Waals surface area contributed by atoms with Crippen molar-refractivity contribution in [2.75, 3.05) is 10.5 Å². The maximum Gasteiger partial charge on any atom is 0.335 e. The van der Waals surface area contributed by atoms with E-state index in [2.05, 4.69) is 14.8 Å². The summed E-state index contributed by atoms with van der Waals surface area (Å²) in [6, 6.07) is 3.36. The highest BCUT2D eigenvalue weighted by Crippen LogP contribution is 2.21. The molecule has 2 aromatic rings. The summed E-state index contributed by atoms with van der Waals surface area (Å²) in [6.45, 7) is 0. The number of nitrogens with two attached hydrogens (primary N) is 1. The molecule has 0 saturated carbocycles. The molecule has 0 amide bonds. The largest absolute Gasteiger partial charge is 0.478 e. The minimum atomic E-state index is -3.97. The van der Waals surface area contributed by atoms with E-state index in [-0.39, 0.29) is 22.1 Å². The number of nitrogens with one attached hydrogen (secondary N) is 1. The van der Waals surface area contributed by atoms with Crippen LogP contribution >= 0.6 is 0 Å². The van der Waals surface area contributed by atoms with E-state index >= 15 is 0 Å². The fourth-order valence-corrected chi connectivity index (χ4v) is 2.64. The molecule has 106 valence electrons. The Morgan fingerprint density at radius 1 is 1.45 bits per heavy atom. The van der Waals surface area contributed by atoms with Crippen LogP contribution in [0.3, 0.4) is 0 Å². The minimum absolute atomic E-state index is 0.0201. The summed E-state index contributed by atoms with van der Waals surface area (Å²) in [5, 5.41) is 12.5. The second kappa shape index (κ2) is 4.81. The first-order chi connectivity index (χ1) is 9.31. The van der Waals surface area contributed by atoms with Crippen LogP contribution in [0.25, 0.3) is 0 Å². The van der Waals surface area contributed by atoms with Crippen LogP contribution in [-0.4, -0.2) is 34.3 Å². The number of carboxylic acid groups (broad SMARTS) is 1. The van der Waals surface area contributed by atoms with Gasteiger partial charge in [0.25, 0.3) is 10.0 Å². The van der Waals surface area contributed by atoms with Gasteiger partial charge < -0.3 is 10.8 Å². The number of aromatic nitrogens is 3. The number of aromatic carboxylic acids is 1. The van der Waals surface area contributed by atoms with Gasteiger partial charge in [0.05, 0.1) is 11.3 Å². The first kappa shape index (κ1) is 13.8. The molecule has 20 heavy (non-hydrogen) atoms. The molecule has 0 atom stereocenters. The molecule has 0 aliphatic heterocycles. The van der Waals surface area contributed by atoms with Crippen LogP contribution < -0.4 is 10.5 Å². The number of hydrogen-bond donors (Lipinski definition) is 3. The maximum absolute atomic E-state index is 12.1. The zero-order valence-corrected chi connectivity index (χ0v) is 11.1. The average molecular weight is 297 g/mol. The van der Waals surface area contributed by atoms with Crippen molar-refractivity contribution in [2.24, 2.45) is 7.05 Å². The number of aryl methyl sites for hydroxylation is 1. The van der Waals surface area contributed by atoms with Crippen molar-refractivity contribution in [3.63, 3.8) is 0 Å². The second-order valence-electron chi connectivity index (χ2n) is 3.87. The number of carbonyl (C=O) groups is 1. The Hall–Kier alpha value is -2.62. The Balaban J connectivity index is 2.40. The molecular formula is C10H11N5O4S. The van der Waals surface area contributed by atoms with E-state index in [9.17, 15) is 13.2 Å². The molecule has 1 heterocycles. The van der Waals surface area contributed by atoms with Crippen LogP contribution in [0.4, 0.5) is 11.6 Å². The number of anilines is 2. The van der Waals surface area contributed by atoms with Gasteiger partial charge in [-0.3, -0.25) is 0 Å². The Morgan fingerprint density at radius 3 is 2.65 bits per heavy atom. The van der Waals surface area contributed by atoms with Gasteiger partial charge in [-0.2, -0.15) is 10.1 Å². The number of nitrogens with zero attached hydrogens (tertiary/aromatic N) is 3. The summed E-state index contributed by atoms with van der Waals surface area (Å²) in [5.74, 6) is -1.17. The van der Waals surface area contributed by atoms with Crippen molar-refractivity contribution in [3.8, 4) is 0 Å². The van der Waals surface area contributed by atoms with Crippen molar-refractivity contribution in [1.82, 2.24) is 14.8 Å². The predicted molar refractivity (Wildman–Crippen MR) is 69.6 cm³/mol. The van der Waals surface area contributed by atoms with E-state index < -0.39 is 16.0 Å². The normalized spacial score (nSPS) is 11.2. The van der Waals surface area contributed by atoms with E-state index in [0.29, 0.717) is 0 Å². The van der Waals surface area contributed by atoms with Gasteiger partial charge in [0.1, 0.15) is 11.2 Å². The molecule has 0 unspecified atom stereocenters. The number of hydrogen-bond acceptors (Lipinski definition) is 6. The zero-order valence-electron chi connectivity index (χ0n) is 10.3. The van der Waals surface area contributed by atoms with Gasteiger partial charge in [-0.1, -0.05) is 0 Å². The third-order valence-corrected chi connectivity index (χ3v) is 3.89. The van der Waals surface area contributed by atoms with Crippen LogP contribution in [0.5, 0.6) is 0 Å². The monoisotopic (exact) mass is 297 g/mol. The molecule has 1 aromatic heterocycles. The predicted octanol–water partition coefficient (Wildman–Crippen LogP) is -0.104. The summed E-state index contributed by atoms with van der Waals surface area (Å²) in [4.78, 5) is 14.3. The Morgan fingerprint density at radius 2 is 2.15 bits per heavy atom. The molecule has 0 saturated heterocycles. The molecule has 0 aliphatic carbocycles. The highest BCUT2D eigenvalue weighted by atomic mass is 32.2. The Bertz CT molecular complexity index is 768. The summed E-state index contributed by atoms with van der Waals surface area (Å²) in [6.07, 6.45) is 1.19. The van der Waals surface area contributed by atoms with Crippen LogP contribution in [0.2, 0.25) is 0 Å². The van der Waals surface area contributed by atoms with Gasteiger partial charge in [-0.15, -0.1) is 0 Å². The third kappa shape index (κ3) is 2.54. The van der Waals surface area contributed by atoms with E-state index in [1.165, 1.54) is 18.1 Å². The second-order valence-corrected chi connectivity index (χ2v) is 5.52. The summed E-state index contributed by atoms with van der Waals surface area (Å²) < 4.78 is 27.7. The first-order valence-corrected chi connectivity index (χ1v) is 6.79. The molecule has 0 spiro atoms. The van der Waals surface area contributed by atoms with Crippen LogP contribution in [-0.2, 0) is 17.1 Å². The summed E-state index contributed by atoms with van der Waals surface area (Å²) in [7, 11) is -2.45. The van der Waals surface area contributed by atoms with E-state index in [1.807, 2.05) is 0 Å². The quantitative estimate of drug-likeness (QED) is 0.669. The molecule has 1 aromatic carbocycles. The van der Waals surface area contributed by atoms with Crippen molar-refractivity contribution in [3.05, 3.63) is 30.1 Å². The van der Waals surface area contributed by atoms with Crippen molar-refractivity contribution in [2.45, 2.75) is 4.90 Å². The number of nitrogen functional groups attached to an aromatic ring is 1. The Labute approximate surface area is 114 Å². The number of sulfonamides is 1. The summed E-state index contributed by atoms with van der Waals surface area (Å²) >= 11 is 0. The average Bonchev–Trinajstić information content (AvgIpc) is 2.73. The standard InChI is InChI=1S/C10H11N5O4S/c1-15-10(12-5-13-15)14-20(18,19)8-3-2-6(9(16)17)4-7(8)11/h2-5H,11H2,1H3,(H,16,17)(H,12,13,14). The van der Waals surface area contributed by atoms with Gasteiger partial charge in [0.15, 0.2) is 0 Å². The highest BCUT2D eigenvalue weighted by molar-refractivity contribution is 7.92. The molecule has 4 N–H and O–H groups in total. The molecule has 2 rings (SSSR count). The van der Waals surface area contributed by atoms with Gasteiger partial charge >= 0.3 is 5.97 Å². The fourth-order valence-electron chi connectivity index (χ4n) is 1.49. The highest BCUT2D eigenvalue weighted by Gasteiger charge is 2.20. The van der Waals surface area contributed by atoms with E-state index in [1.54, 1.807) is 0 Å². The first-order valence-electron chi connectivity index (χ1n) is 5.31. The van der Waals surface area contributed by atoms with E-state index in [4.69, 9.17) is 10.8 Å². The lowest BCUT2D eigenvalue weighted by Gasteiger charge is -2.09. The smallest absolute Gasteiger partial charge is 0.335 e. The molecule has 0 aliphatic rings. The zero-order chi connectivity index (χ0) is 14.9. The topological polar surface area (TPSA) is 140 Å². The van der Waals surface area contributed by atoms with Crippen LogP contribution in [0, 0.1) is 0 Å². The molecule has 0 radical (unpaired) electrons. The molecule has 0 bridgehead atoms. The Kier molecular flexibility index (Phi) is 3.32. The fraction of sp³-hybridized carbons (Fsp3) is 0.100. The summed E-state index contributed by atoms with van der Waals surface area (Å²) in [5.41, 5.74) is 5.32. The lowest BCUT2D eigenvalue weighted by molar-refractivity contribution is 0.0697. The number of benzene rings is 1. The third-order valence-electron chi connectivity index (χ3n) is 2.48. The molecule has 0 fully saturated rings. The van der Waals surface area contributed by atoms with Gasteiger partial charge in [0.2, 0.25) is 5.95 Å². The minimum Gasteiger partial charge on any atom is -0.478 e. The molecular weight excluding hydrogens is 286 g/mol. The van der Waals surface area contributed by atoms with Gasteiger partial charge in [-0.05, 0) is 18.2 Å². The lowest BCUT2D eigenvalue weighted by Crippen LogP contribution is -2.18. The lowest BCUT2D eigenvalue weighted by atomic mass is 10.2.